The summed E-state index contributed by atoms with van der Waals surface area (Å²) in [5.74, 6) is 1.13. The maximum absolute atomic E-state index is 6.29. The Hall–Kier alpha value is -2.59. The summed E-state index contributed by atoms with van der Waals surface area (Å²) < 4.78 is 11.3. The molecule has 2 heterocycles. The molecule has 0 amide bonds. The summed E-state index contributed by atoms with van der Waals surface area (Å²) in [5, 5.41) is 4.76. The predicted molar refractivity (Wildman–Crippen MR) is 89.4 cm³/mol. The van der Waals surface area contributed by atoms with Gasteiger partial charge in [0, 0.05) is 5.56 Å². The molecule has 2 aromatic heterocycles. The van der Waals surface area contributed by atoms with Crippen LogP contribution < -0.4 is 0 Å². The van der Waals surface area contributed by atoms with Gasteiger partial charge in [0.25, 0.3) is 0 Å². The van der Waals surface area contributed by atoms with Gasteiger partial charge in [0.15, 0.2) is 5.58 Å². The van der Waals surface area contributed by atoms with Gasteiger partial charge in [0.1, 0.15) is 22.5 Å². The average molecular weight is 325 g/mol. The van der Waals surface area contributed by atoms with Crippen LogP contribution in [-0.4, -0.2) is 10.1 Å². The van der Waals surface area contributed by atoms with E-state index in [0.29, 0.717) is 22.4 Å². The van der Waals surface area contributed by atoms with Crippen molar-refractivity contribution in [1.29, 1.82) is 0 Å². The van der Waals surface area contributed by atoms with Crippen LogP contribution in [0.4, 0.5) is 0 Å². The van der Waals surface area contributed by atoms with Gasteiger partial charge in [0.2, 0.25) is 5.89 Å². The van der Waals surface area contributed by atoms with Crippen LogP contribution in [0, 0.1) is 13.8 Å². The molecule has 4 nitrogen and oxygen atoms in total. The highest BCUT2D eigenvalue weighted by atomic mass is 35.5. The fourth-order valence-electron chi connectivity index (χ4n) is 2.60. The van der Waals surface area contributed by atoms with E-state index in [1.807, 2.05) is 56.3 Å². The maximum Gasteiger partial charge on any atom is 0.233 e. The minimum Gasteiger partial charge on any atom is -0.436 e. The molecule has 4 aromatic rings. The van der Waals surface area contributed by atoms with Crippen LogP contribution in [-0.2, 0) is 0 Å². The first-order valence-electron chi connectivity index (χ1n) is 7.22. The summed E-state index contributed by atoms with van der Waals surface area (Å²) >= 11 is 6.29. The van der Waals surface area contributed by atoms with Gasteiger partial charge in [-0.2, -0.15) is 0 Å². The van der Waals surface area contributed by atoms with Gasteiger partial charge in [0.05, 0.1) is 5.02 Å². The quantitative estimate of drug-likeness (QED) is 0.494. The average Bonchev–Trinajstić information content (AvgIpc) is 3.10. The van der Waals surface area contributed by atoms with Crippen LogP contribution in [0.3, 0.4) is 0 Å². The van der Waals surface area contributed by atoms with E-state index in [-0.39, 0.29) is 0 Å². The zero-order valence-corrected chi connectivity index (χ0v) is 13.4. The highest BCUT2D eigenvalue weighted by Gasteiger charge is 2.22. The van der Waals surface area contributed by atoms with Gasteiger partial charge in [-0.15, -0.1) is 0 Å². The molecule has 0 saturated heterocycles. The molecule has 0 aliphatic rings. The van der Waals surface area contributed by atoms with Crippen molar-refractivity contribution in [2.45, 2.75) is 13.8 Å². The smallest absolute Gasteiger partial charge is 0.233 e. The number of aromatic nitrogens is 2. The monoisotopic (exact) mass is 324 g/mol. The van der Waals surface area contributed by atoms with E-state index >= 15 is 0 Å². The Balaban J connectivity index is 1.95. The topological polar surface area (TPSA) is 52.1 Å². The van der Waals surface area contributed by atoms with Crippen LogP contribution in [0.15, 0.2) is 51.4 Å². The molecule has 2 aromatic carbocycles. The molecule has 4 rings (SSSR count). The van der Waals surface area contributed by atoms with Crippen molar-refractivity contribution in [3.8, 4) is 22.7 Å². The lowest BCUT2D eigenvalue weighted by atomic mass is 10.1. The molecule has 0 N–H and O–H groups in total. The van der Waals surface area contributed by atoms with Crippen LogP contribution >= 0.6 is 11.6 Å². The number of oxazole rings is 1. The largest absolute Gasteiger partial charge is 0.436 e. The lowest BCUT2D eigenvalue weighted by Crippen LogP contribution is -1.85. The van der Waals surface area contributed by atoms with Crippen molar-refractivity contribution in [2.24, 2.45) is 0 Å². The number of aryl methyl sites for hydroxylation is 2. The Kier molecular flexibility index (Phi) is 3.20. The van der Waals surface area contributed by atoms with E-state index in [1.165, 1.54) is 0 Å². The van der Waals surface area contributed by atoms with E-state index in [0.717, 1.165) is 27.8 Å². The van der Waals surface area contributed by atoms with E-state index < -0.39 is 0 Å². The minimum absolute atomic E-state index is 0.485. The molecule has 0 saturated carbocycles. The third kappa shape index (κ3) is 2.32. The van der Waals surface area contributed by atoms with E-state index in [2.05, 4.69) is 10.1 Å². The second-order valence-electron chi connectivity index (χ2n) is 5.43. The van der Waals surface area contributed by atoms with Crippen LogP contribution in [0.5, 0.6) is 0 Å². The van der Waals surface area contributed by atoms with Crippen LogP contribution in [0.25, 0.3) is 33.8 Å². The summed E-state index contributed by atoms with van der Waals surface area (Å²) in [6, 6.07) is 13.4. The zero-order chi connectivity index (χ0) is 16.0. The molecule has 0 radical (unpaired) electrons. The Bertz CT molecular complexity index is 1020. The Labute approximate surface area is 137 Å². The first-order chi connectivity index (χ1) is 11.1. The van der Waals surface area contributed by atoms with Crippen molar-refractivity contribution >= 4 is 22.7 Å². The van der Waals surface area contributed by atoms with E-state index in [4.69, 9.17) is 20.5 Å². The number of hydrogen-bond acceptors (Lipinski definition) is 4. The highest BCUT2D eigenvalue weighted by Crippen LogP contribution is 2.38. The number of rotatable bonds is 2. The fourth-order valence-corrected chi connectivity index (χ4v) is 2.83. The number of benzene rings is 2. The Morgan fingerprint density at radius 3 is 2.70 bits per heavy atom. The third-order valence-corrected chi connectivity index (χ3v) is 4.08. The molecule has 0 aliphatic heterocycles. The first-order valence-corrected chi connectivity index (χ1v) is 7.60. The van der Waals surface area contributed by atoms with Gasteiger partial charge in [-0.25, -0.2) is 4.98 Å². The second-order valence-corrected chi connectivity index (χ2v) is 5.84. The summed E-state index contributed by atoms with van der Waals surface area (Å²) in [7, 11) is 0. The van der Waals surface area contributed by atoms with Crippen LogP contribution in [0.2, 0.25) is 5.02 Å². The van der Waals surface area contributed by atoms with Crippen molar-refractivity contribution in [2.75, 3.05) is 0 Å². The number of fused-ring (bicyclic) bond motifs is 1. The molecule has 0 aliphatic carbocycles. The molecule has 0 bridgehead atoms. The van der Waals surface area contributed by atoms with E-state index in [9.17, 15) is 0 Å². The Morgan fingerprint density at radius 1 is 1.04 bits per heavy atom. The normalized spacial score (nSPS) is 11.3. The maximum atomic E-state index is 6.29. The molecule has 5 heteroatoms. The lowest BCUT2D eigenvalue weighted by molar-refractivity contribution is 0.399. The molecule has 0 spiro atoms. The standard InChI is InChI=1S/C18H13ClN2O2/c1-10-7-8-14-15(9-10)22-18(20-14)16-11(2)23-21-17(16)12-5-3-4-6-13(12)19/h3-9H,1-2H3. The third-order valence-electron chi connectivity index (χ3n) is 3.75. The van der Waals surface area contributed by atoms with Gasteiger partial charge < -0.3 is 8.94 Å². The van der Waals surface area contributed by atoms with Crippen molar-refractivity contribution in [1.82, 2.24) is 10.1 Å². The minimum atomic E-state index is 0.485. The molecule has 114 valence electrons. The molecule has 23 heavy (non-hydrogen) atoms. The first kappa shape index (κ1) is 14.0. The molecule has 0 atom stereocenters. The lowest BCUT2D eigenvalue weighted by Gasteiger charge is -2.01. The fraction of sp³-hybridized carbons (Fsp3) is 0.111. The van der Waals surface area contributed by atoms with Gasteiger partial charge in [-0.05, 0) is 37.6 Å². The van der Waals surface area contributed by atoms with Gasteiger partial charge in [-0.1, -0.05) is 41.0 Å². The SMILES string of the molecule is Cc1ccc2nc(-c3c(-c4ccccc4Cl)noc3C)oc2c1. The van der Waals surface area contributed by atoms with Crippen LogP contribution in [0.1, 0.15) is 11.3 Å². The molecule has 0 unspecified atom stereocenters. The number of hydrogen-bond donors (Lipinski definition) is 0. The van der Waals surface area contributed by atoms with Gasteiger partial charge in [-0.3, -0.25) is 0 Å². The highest BCUT2D eigenvalue weighted by molar-refractivity contribution is 6.33. The Morgan fingerprint density at radius 2 is 1.87 bits per heavy atom. The van der Waals surface area contributed by atoms with Gasteiger partial charge >= 0.3 is 0 Å². The van der Waals surface area contributed by atoms with E-state index in [1.54, 1.807) is 0 Å². The van der Waals surface area contributed by atoms with Crippen molar-refractivity contribution < 1.29 is 8.94 Å². The summed E-state index contributed by atoms with van der Waals surface area (Å²) in [6.45, 7) is 3.85. The summed E-state index contributed by atoms with van der Waals surface area (Å²) in [5.41, 5.74) is 4.82. The van der Waals surface area contributed by atoms with Crippen molar-refractivity contribution in [3.63, 3.8) is 0 Å². The number of nitrogens with zero attached hydrogens (tertiary/aromatic N) is 2. The predicted octanol–water partition coefficient (Wildman–Crippen LogP) is 5.42. The zero-order valence-electron chi connectivity index (χ0n) is 12.6. The number of halogens is 1. The molecular formula is C18H13ClN2O2. The second kappa shape index (κ2) is 5.25. The summed E-state index contributed by atoms with van der Waals surface area (Å²) in [6.07, 6.45) is 0. The summed E-state index contributed by atoms with van der Waals surface area (Å²) in [4.78, 5) is 4.56. The molecular weight excluding hydrogens is 312 g/mol. The molecule has 0 fully saturated rings. The van der Waals surface area contributed by atoms with Crippen molar-refractivity contribution in [3.05, 3.63) is 58.8 Å².